The Hall–Kier alpha value is -3.26. The molecule has 0 saturated carbocycles. The SMILES string of the molecule is [B]c1nc2c3c(cc4cc(CC(C)(C)C)ccc4c3c1[B])Oc1c-2cc2cc(CC(C)(C)C)ccc2c1CC(C)(C)C. The number of benzene rings is 4. The van der Waals surface area contributed by atoms with Gasteiger partial charge in [0.15, 0.2) is 0 Å². The van der Waals surface area contributed by atoms with Crippen LogP contribution >= 0.6 is 0 Å². The van der Waals surface area contributed by atoms with Gasteiger partial charge in [0, 0.05) is 11.1 Å². The van der Waals surface area contributed by atoms with Gasteiger partial charge in [-0.3, -0.25) is 4.98 Å². The summed E-state index contributed by atoms with van der Waals surface area (Å²) in [6.07, 6.45) is 2.87. The van der Waals surface area contributed by atoms with E-state index in [1.165, 1.54) is 27.5 Å². The number of aromatic nitrogens is 1. The largest absolute Gasteiger partial charge is 0.456 e. The van der Waals surface area contributed by atoms with Gasteiger partial charge >= 0.3 is 0 Å². The van der Waals surface area contributed by atoms with Gasteiger partial charge in [-0.2, -0.15) is 0 Å². The molecule has 2 nitrogen and oxygen atoms in total. The first-order valence-corrected chi connectivity index (χ1v) is 15.2. The lowest BCUT2D eigenvalue weighted by atomic mass is 9.77. The molecule has 2 heterocycles. The number of pyridine rings is 1. The average molecular weight is 549 g/mol. The highest BCUT2D eigenvalue weighted by atomic mass is 16.5. The molecule has 1 aliphatic heterocycles. The second-order valence-electron chi connectivity index (χ2n) is 16.0. The zero-order valence-corrected chi connectivity index (χ0v) is 26.8. The molecule has 1 aliphatic rings. The number of ether oxygens (including phenoxy) is 1. The van der Waals surface area contributed by atoms with E-state index in [9.17, 15) is 0 Å². The lowest BCUT2D eigenvalue weighted by Crippen LogP contribution is -2.31. The van der Waals surface area contributed by atoms with E-state index in [2.05, 4.69) is 111 Å². The summed E-state index contributed by atoms with van der Waals surface area (Å²) in [6.45, 7) is 20.5. The normalized spacial score (nSPS) is 13.5. The standard InChI is InChI=1S/C38H41B2NO/c1-36(2,3)18-21-10-12-25-23(14-21)16-27-33-31-29(42-34(27)28(25)20-38(7,8)9)17-24-15-22(19-37(4,5)6)11-13-26(24)30(31)32(39)35(40)41-33/h10-17H,18-20H2,1-9H3. The molecule has 0 atom stereocenters. The van der Waals surface area contributed by atoms with E-state index >= 15 is 0 Å². The summed E-state index contributed by atoms with van der Waals surface area (Å²) in [7, 11) is 13.3. The van der Waals surface area contributed by atoms with Crippen LogP contribution < -0.4 is 15.8 Å². The van der Waals surface area contributed by atoms with Crippen molar-refractivity contribution in [3.63, 3.8) is 0 Å². The number of fused-ring (bicyclic) bond motifs is 5. The van der Waals surface area contributed by atoms with E-state index < -0.39 is 0 Å². The van der Waals surface area contributed by atoms with Gasteiger partial charge in [-0.15, -0.1) is 0 Å². The summed E-state index contributed by atoms with van der Waals surface area (Å²) < 4.78 is 6.95. The third-order valence-electron chi connectivity index (χ3n) is 8.09. The summed E-state index contributed by atoms with van der Waals surface area (Å²) in [5, 5.41) is 6.50. The molecule has 0 spiro atoms. The third-order valence-corrected chi connectivity index (χ3v) is 8.09. The molecule has 210 valence electrons. The van der Waals surface area contributed by atoms with Crippen LogP contribution in [-0.4, -0.2) is 20.7 Å². The first kappa shape index (κ1) is 28.8. The first-order valence-electron chi connectivity index (χ1n) is 15.2. The van der Waals surface area contributed by atoms with Crippen molar-refractivity contribution in [1.29, 1.82) is 0 Å². The fourth-order valence-electron chi connectivity index (χ4n) is 6.65. The van der Waals surface area contributed by atoms with E-state index in [1.807, 2.05) is 0 Å². The van der Waals surface area contributed by atoms with Crippen LogP contribution in [0.2, 0.25) is 0 Å². The molecule has 0 N–H and O–H groups in total. The quantitative estimate of drug-likeness (QED) is 0.163. The second kappa shape index (κ2) is 9.63. The second-order valence-corrected chi connectivity index (χ2v) is 16.0. The summed E-state index contributed by atoms with van der Waals surface area (Å²) >= 11 is 0. The highest BCUT2D eigenvalue weighted by Gasteiger charge is 2.30. The molecule has 5 aromatic rings. The Labute approximate surface area is 254 Å². The maximum absolute atomic E-state index is 6.95. The molecule has 4 heteroatoms. The fraction of sp³-hybridized carbons (Fsp3) is 0.395. The van der Waals surface area contributed by atoms with Gasteiger partial charge < -0.3 is 4.74 Å². The van der Waals surface area contributed by atoms with Crippen LogP contribution in [0.1, 0.15) is 79.0 Å². The van der Waals surface area contributed by atoms with Gasteiger partial charge in [0.1, 0.15) is 27.2 Å². The van der Waals surface area contributed by atoms with Crippen molar-refractivity contribution in [1.82, 2.24) is 4.98 Å². The minimum absolute atomic E-state index is 0.0594. The predicted molar refractivity (Wildman–Crippen MR) is 183 cm³/mol. The van der Waals surface area contributed by atoms with Crippen molar-refractivity contribution in [3.8, 4) is 22.8 Å². The van der Waals surface area contributed by atoms with Gasteiger partial charge in [-0.25, -0.2) is 0 Å². The van der Waals surface area contributed by atoms with Crippen LogP contribution in [0.4, 0.5) is 0 Å². The van der Waals surface area contributed by atoms with Crippen LogP contribution in [0.25, 0.3) is 43.6 Å². The van der Waals surface area contributed by atoms with Crippen LogP contribution in [-0.2, 0) is 19.3 Å². The zero-order chi connectivity index (χ0) is 30.4. The van der Waals surface area contributed by atoms with Crippen molar-refractivity contribution in [2.24, 2.45) is 16.2 Å². The Kier molecular flexibility index (Phi) is 6.61. The topological polar surface area (TPSA) is 22.1 Å². The van der Waals surface area contributed by atoms with Crippen LogP contribution in [0.15, 0.2) is 48.5 Å². The molecule has 4 aromatic carbocycles. The number of nitrogens with zero attached hydrogens (tertiary/aromatic N) is 1. The van der Waals surface area contributed by atoms with Gasteiger partial charge in [0.05, 0.1) is 11.1 Å². The molecule has 0 aliphatic carbocycles. The highest BCUT2D eigenvalue weighted by molar-refractivity contribution is 6.54. The van der Waals surface area contributed by atoms with Gasteiger partial charge in [0.25, 0.3) is 0 Å². The third kappa shape index (κ3) is 5.34. The van der Waals surface area contributed by atoms with E-state index in [4.69, 9.17) is 25.4 Å². The molecule has 1 aromatic heterocycles. The van der Waals surface area contributed by atoms with Crippen LogP contribution in [0.5, 0.6) is 11.5 Å². The van der Waals surface area contributed by atoms with Crippen molar-refractivity contribution in [2.45, 2.75) is 81.6 Å². The lowest BCUT2D eigenvalue weighted by molar-refractivity contribution is 0.400. The molecule has 0 amide bonds. The minimum Gasteiger partial charge on any atom is -0.456 e. The van der Waals surface area contributed by atoms with Crippen molar-refractivity contribution in [3.05, 3.63) is 65.2 Å². The minimum atomic E-state index is 0.0594. The molecule has 0 unspecified atom stereocenters. The van der Waals surface area contributed by atoms with E-state index in [0.29, 0.717) is 11.1 Å². The van der Waals surface area contributed by atoms with Gasteiger partial charge in [-0.1, -0.05) is 104 Å². The monoisotopic (exact) mass is 549 g/mol. The Bertz CT molecular complexity index is 1900. The molecule has 4 radical (unpaired) electrons. The van der Waals surface area contributed by atoms with Gasteiger partial charge in [0.2, 0.25) is 0 Å². The smallest absolute Gasteiger partial charge is 0.140 e. The van der Waals surface area contributed by atoms with E-state index in [1.54, 1.807) is 0 Å². The van der Waals surface area contributed by atoms with Gasteiger partial charge in [-0.05, 0) is 91.3 Å². The lowest BCUT2D eigenvalue weighted by Gasteiger charge is -2.29. The Morgan fingerprint density at radius 3 is 1.76 bits per heavy atom. The summed E-state index contributed by atoms with van der Waals surface area (Å²) in [5.74, 6) is 1.68. The maximum atomic E-state index is 6.95. The molecule has 6 rings (SSSR count). The number of hydrogen-bond donors (Lipinski definition) is 0. The summed E-state index contributed by atoms with van der Waals surface area (Å²) in [5.41, 5.74) is 7.01. The Morgan fingerprint density at radius 1 is 0.643 bits per heavy atom. The van der Waals surface area contributed by atoms with Crippen molar-refractivity contribution < 1.29 is 4.74 Å². The Balaban J connectivity index is 1.67. The number of hydrogen-bond acceptors (Lipinski definition) is 2. The summed E-state index contributed by atoms with van der Waals surface area (Å²) in [6, 6.07) is 18.0. The summed E-state index contributed by atoms with van der Waals surface area (Å²) in [4.78, 5) is 4.94. The van der Waals surface area contributed by atoms with Crippen LogP contribution in [0, 0.1) is 16.2 Å². The first-order chi connectivity index (χ1) is 19.5. The molecule has 0 fully saturated rings. The average Bonchev–Trinajstić information content (AvgIpc) is 2.83. The van der Waals surface area contributed by atoms with E-state index in [-0.39, 0.29) is 16.2 Å². The van der Waals surface area contributed by atoms with Crippen LogP contribution in [0.3, 0.4) is 0 Å². The fourth-order valence-corrected chi connectivity index (χ4v) is 6.65. The van der Waals surface area contributed by atoms with Crippen molar-refractivity contribution in [2.75, 3.05) is 0 Å². The van der Waals surface area contributed by atoms with E-state index in [0.717, 1.165) is 63.6 Å². The molecule has 0 saturated heterocycles. The van der Waals surface area contributed by atoms with Crippen molar-refractivity contribution >= 4 is 59.1 Å². The highest BCUT2D eigenvalue weighted by Crippen LogP contribution is 2.51. The molecule has 42 heavy (non-hydrogen) atoms. The maximum Gasteiger partial charge on any atom is 0.140 e. The zero-order valence-electron chi connectivity index (χ0n) is 26.8. The predicted octanol–water partition coefficient (Wildman–Crippen LogP) is 8.67. The molecular weight excluding hydrogens is 508 g/mol. The molecule has 0 bridgehead atoms. The molecular formula is C38H41B2NO. The number of rotatable bonds is 3. The Morgan fingerprint density at radius 2 is 1.19 bits per heavy atom.